The predicted molar refractivity (Wildman–Crippen MR) is 42.6 cm³/mol. The molecule has 1 rings (SSSR count). The highest BCUT2D eigenvalue weighted by atomic mass is 35.5. The van der Waals surface area contributed by atoms with Crippen LogP contribution in [0.1, 0.15) is 5.69 Å². The Balaban J connectivity index is 0.000000810. The van der Waals surface area contributed by atoms with Crippen molar-refractivity contribution in [2.45, 2.75) is 6.42 Å². The first-order chi connectivity index (χ1) is 4.29. The SMILES string of the molecule is Cl.O=C(Cl)Cc1ccc[nH]1. The van der Waals surface area contributed by atoms with Crippen molar-refractivity contribution in [3.8, 4) is 0 Å². The molecule has 56 valence electrons. The molecular weight excluding hydrogens is 173 g/mol. The van der Waals surface area contributed by atoms with Gasteiger partial charge in [0.15, 0.2) is 0 Å². The van der Waals surface area contributed by atoms with Crippen molar-refractivity contribution in [2.24, 2.45) is 0 Å². The van der Waals surface area contributed by atoms with E-state index in [1.807, 2.05) is 12.1 Å². The molecule has 1 aromatic heterocycles. The molecule has 0 aromatic carbocycles. The van der Waals surface area contributed by atoms with Crippen LogP contribution in [0.3, 0.4) is 0 Å². The Morgan fingerprint density at radius 2 is 2.40 bits per heavy atom. The van der Waals surface area contributed by atoms with Crippen LogP contribution in [0, 0.1) is 0 Å². The van der Waals surface area contributed by atoms with Gasteiger partial charge >= 0.3 is 0 Å². The Labute approximate surface area is 70.0 Å². The minimum atomic E-state index is -0.336. The zero-order valence-electron chi connectivity index (χ0n) is 5.13. The van der Waals surface area contributed by atoms with E-state index in [9.17, 15) is 4.79 Å². The van der Waals surface area contributed by atoms with Gasteiger partial charge in [-0.25, -0.2) is 0 Å². The van der Waals surface area contributed by atoms with Gasteiger partial charge in [0, 0.05) is 11.9 Å². The summed E-state index contributed by atoms with van der Waals surface area (Å²) in [6.07, 6.45) is 2.05. The number of nitrogens with one attached hydrogen (secondary N) is 1. The van der Waals surface area contributed by atoms with Crippen molar-refractivity contribution >= 4 is 29.3 Å². The lowest BCUT2D eigenvalue weighted by atomic mass is 10.3. The van der Waals surface area contributed by atoms with Crippen LogP contribution in [0.5, 0.6) is 0 Å². The zero-order valence-corrected chi connectivity index (χ0v) is 6.71. The fourth-order valence-corrected chi connectivity index (χ4v) is 0.771. The number of carbonyl (C=O) groups excluding carboxylic acids is 1. The Kier molecular flexibility index (Phi) is 4.16. The van der Waals surface area contributed by atoms with Crippen molar-refractivity contribution in [2.75, 3.05) is 0 Å². The molecule has 1 N–H and O–H groups in total. The molecule has 1 aromatic rings. The van der Waals surface area contributed by atoms with Crippen LogP contribution in [-0.2, 0) is 11.2 Å². The van der Waals surface area contributed by atoms with Gasteiger partial charge in [-0.05, 0) is 23.7 Å². The van der Waals surface area contributed by atoms with E-state index in [0.717, 1.165) is 5.69 Å². The first-order valence-corrected chi connectivity index (χ1v) is 2.97. The van der Waals surface area contributed by atoms with E-state index < -0.39 is 0 Å². The third-order valence-electron chi connectivity index (χ3n) is 0.992. The maximum Gasteiger partial charge on any atom is 0.227 e. The van der Waals surface area contributed by atoms with E-state index in [-0.39, 0.29) is 24.1 Å². The summed E-state index contributed by atoms with van der Waals surface area (Å²) in [4.78, 5) is 13.1. The summed E-state index contributed by atoms with van der Waals surface area (Å²) in [6.45, 7) is 0. The highest BCUT2D eigenvalue weighted by molar-refractivity contribution is 6.63. The molecule has 0 bridgehead atoms. The van der Waals surface area contributed by atoms with E-state index in [4.69, 9.17) is 11.6 Å². The van der Waals surface area contributed by atoms with Gasteiger partial charge in [-0.3, -0.25) is 4.79 Å². The summed E-state index contributed by atoms with van der Waals surface area (Å²) < 4.78 is 0. The van der Waals surface area contributed by atoms with Gasteiger partial charge in [-0.2, -0.15) is 0 Å². The minimum Gasteiger partial charge on any atom is -0.365 e. The largest absolute Gasteiger partial charge is 0.365 e. The molecule has 0 spiro atoms. The lowest BCUT2D eigenvalue weighted by molar-refractivity contribution is -0.111. The van der Waals surface area contributed by atoms with Gasteiger partial charge in [-0.1, -0.05) is 0 Å². The monoisotopic (exact) mass is 179 g/mol. The molecule has 0 fully saturated rings. The topological polar surface area (TPSA) is 32.9 Å². The average molecular weight is 180 g/mol. The molecule has 0 unspecified atom stereocenters. The number of aromatic amines is 1. The third-order valence-corrected chi connectivity index (χ3v) is 1.13. The van der Waals surface area contributed by atoms with Gasteiger partial charge in [0.05, 0.1) is 6.42 Å². The molecular formula is C6H7Cl2NO. The van der Waals surface area contributed by atoms with Crippen LogP contribution in [0.15, 0.2) is 18.3 Å². The van der Waals surface area contributed by atoms with Gasteiger partial charge < -0.3 is 4.98 Å². The van der Waals surface area contributed by atoms with Gasteiger partial charge in [0.2, 0.25) is 5.24 Å². The van der Waals surface area contributed by atoms with Crippen molar-refractivity contribution in [1.29, 1.82) is 0 Å². The fraction of sp³-hybridized carbons (Fsp3) is 0.167. The second-order valence-electron chi connectivity index (χ2n) is 1.73. The minimum absolute atomic E-state index is 0. The Morgan fingerprint density at radius 3 is 2.80 bits per heavy atom. The van der Waals surface area contributed by atoms with Crippen molar-refractivity contribution in [3.05, 3.63) is 24.0 Å². The lowest BCUT2D eigenvalue weighted by Crippen LogP contribution is -1.92. The van der Waals surface area contributed by atoms with E-state index in [2.05, 4.69) is 4.98 Å². The molecule has 1 heterocycles. The number of H-pyrrole nitrogens is 1. The van der Waals surface area contributed by atoms with Gasteiger partial charge in [0.1, 0.15) is 0 Å². The normalized spacial score (nSPS) is 8.50. The van der Waals surface area contributed by atoms with Crippen LogP contribution >= 0.6 is 24.0 Å². The number of hydrogen-bond acceptors (Lipinski definition) is 1. The van der Waals surface area contributed by atoms with Crippen molar-refractivity contribution in [3.63, 3.8) is 0 Å². The molecule has 10 heavy (non-hydrogen) atoms. The molecule has 0 aliphatic carbocycles. The first kappa shape index (κ1) is 9.53. The molecule has 0 amide bonds. The lowest BCUT2D eigenvalue weighted by Gasteiger charge is -1.86. The summed E-state index contributed by atoms with van der Waals surface area (Å²) in [7, 11) is 0. The molecule has 0 radical (unpaired) electrons. The summed E-state index contributed by atoms with van der Waals surface area (Å²) in [5.41, 5.74) is 0.856. The van der Waals surface area contributed by atoms with E-state index in [0.29, 0.717) is 0 Å². The quantitative estimate of drug-likeness (QED) is 0.690. The van der Waals surface area contributed by atoms with Crippen LogP contribution in [-0.4, -0.2) is 10.2 Å². The highest BCUT2D eigenvalue weighted by Gasteiger charge is 1.97. The molecule has 0 aliphatic rings. The third kappa shape index (κ3) is 2.90. The standard InChI is InChI=1S/C6H6ClNO.ClH/c7-6(9)4-5-2-1-3-8-5;/h1-3,8H,4H2;1H. The molecule has 0 saturated heterocycles. The smallest absolute Gasteiger partial charge is 0.227 e. The molecule has 0 atom stereocenters. The van der Waals surface area contributed by atoms with Crippen molar-refractivity contribution in [1.82, 2.24) is 4.98 Å². The Morgan fingerprint density at radius 1 is 1.70 bits per heavy atom. The van der Waals surface area contributed by atoms with Crippen LogP contribution < -0.4 is 0 Å². The Hall–Kier alpha value is -0.470. The summed E-state index contributed by atoms with van der Waals surface area (Å²) in [5.74, 6) is 0. The van der Waals surface area contributed by atoms with E-state index >= 15 is 0 Å². The number of rotatable bonds is 2. The zero-order chi connectivity index (χ0) is 6.69. The summed E-state index contributed by atoms with van der Waals surface area (Å²) in [5, 5.41) is -0.336. The number of carbonyl (C=O) groups is 1. The summed E-state index contributed by atoms with van der Waals surface area (Å²) in [6, 6.07) is 3.65. The van der Waals surface area contributed by atoms with Crippen LogP contribution in [0.25, 0.3) is 0 Å². The molecule has 0 saturated carbocycles. The number of halogens is 2. The second kappa shape index (κ2) is 4.36. The first-order valence-electron chi connectivity index (χ1n) is 2.59. The second-order valence-corrected chi connectivity index (χ2v) is 2.15. The van der Waals surface area contributed by atoms with Crippen LogP contribution in [0.2, 0.25) is 0 Å². The maximum absolute atomic E-state index is 10.3. The van der Waals surface area contributed by atoms with E-state index in [1.165, 1.54) is 0 Å². The van der Waals surface area contributed by atoms with Crippen LogP contribution in [0.4, 0.5) is 0 Å². The predicted octanol–water partition coefficient (Wildman–Crippen LogP) is 1.74. The molecule has 0 aliphatic heterocycles. The Bertz CT molecular complexity index is 196. The molecule has 4 heteroatoms. The van der Waals surface area contributed by atoms with E-state index in [1.54, 1.807) is 6.20 Å². The van der Waals surface area contributed by atoms with Crippen molar-refractivity contribution < 1.29 is 4.79 Å². The fourth-order valence-electron chi connectivity index (χ4n) is 0.627. The highest BCUT2D eigenvalue weighted by Crippen LogP contribution is 1.97. The summed E-state index contributed by atoms with van der Waals surface area (Å²) >= 11 is 5.11. The molecule has 2 nitrogen and oxygen atoms in total. The number of aromatic nitrogens is 1. The van der Waals surface area contributed by atoms with Gasteiger partial charge in [0.25, 0.3) is 0 Å². The maximum atomic E-state index is 10.3. The average Bonchev–Trinajstić information content (AvgIpc) is 2.15. The number of hydrogen-bond donors (Lipinski definition) is 1. The van der Waals surface area contributed by atoms with Gasteiger partial charge in [-0.15, -0.1) is 12.4 Å².